The Kier molecular flexibility index (Phi) is 45.4. The lowest BCUT2D eigenvalue weighted by Gasteiger charge is -2.29. The molecule has 3 atom stereocenters. The van der Waals surface area contributed by atoms with Crippen molar-refractivity contribution in [3.63, 3.8) is 0 Å². The van der Waals surface area contributed by atoms with E-state index in [-0.39, 0.29) is 19.1 Å². The van der Waals surface area contributed by atoms with Crippen molar-refractivity contribution in [3.05, 3.63) is 24.3 Å². The number of nitrogens with one attached hydrogen (secondary N) is 1. The highest BCUT2D eigenvalue weighted by Gasteiger charge is 2.23. The minimum atomic E-state index is -4.59. The van der Waals surface area contributed by atoms with Crippen molar-refractivity contribution in [2.24, 2.45) is 0 Å². The van der Waals surface area contributed by atoms with Crippen molar-refractivity contribution in [2.45, 2.75) is 276 Å². The van der Waals surface area contributed by atoms with Gasteiger partial charge in [0.15, 0.2) is 0 Å². The molecular weight excluding hydrogens is 804 g/mol. The topological polar surface area (TPSA) is 108 Å². The van der Waals surface area contributed by atoms with Crippen molar-refractivity contribution in [1.82, 2.24) is 5.32 Å². The van der Waals surface area contributed by atoms with Crippen LogP contribution in [-0.2, 0) is 18.4 Å². The van der Waals surface area contributed by atoms with E-state index in [1.807, 2.05) is 27.2 Å². The molecule has 0 rings (SSSR count). The molecule has 0 radical (unpaired) electrons. The van der Waals surface area contributed by atoms with Crippen molar-refractivity contribution in [1.29, 1.82) is 0 Å². The van der Waals surface area contributed by atoms with Gasteiger partial charge < -0.3 is 28.8 Å². The summed E-state index contributed by atoms with van der Waals surface area (Å²) in [5, 5.41) is 13.9. The monoisotopic (exact) mass is 911 g/mol. The van der Waals surface area contributed by atoms with E-state index in [9.17, 15) is 19.4 Å². The van der Waals surface area contributed by atoms with Gasteiger partial charge in [-0.2, -0.15) is 0 Å². The van der Waals surface area contributed by atoms with Crippen LogP contribution in [-0.4, -0.2) is 68.5 Å². The Hall–Kier alpha value is -1.02. The van der Waals surface area contributed by atoms with E-state index in [0.29, 0.717) is 17.4 Å². The van der Waals surface area contributed by atoms with Crippen LogP contribution in [0.2, 0.25) is 0 Å². The van der Waals surface area contributed by atoms with Crippen LogP contribution in [0.15, 0.2) is 24.3 Å². The maximum atomic E-state index is 12.9. The van der Waals surface area contributed by atoms with E-state index < -0.39 is 20.0 Å². The number of phosphoric acid groups is 1. The summed E-state index contributed by atoms with van der Waals surface area (Å²) in [6, 6.07) is -0.887. The SMILES string of the molecule is CCCCCCCCCCC/C=C\CCCCCCCCCC(=O)NC(COP(=O)([O-])OCC[N+](C)(C)C)C(O)/C=C/CCCCCCCCCCCCCCCCCCCCC. The van der Waals surface area contributed by atoms with Gasteiger partial charge in [0.05, 0.1) is 39.9 Å². The third-order valence-corrected chi connectivity index (χ3v) is 13.4. The zero-order valence-electron chi connectivity index (χ0n) is 42.5. The highest BCUT2D eigenvalue weighted by Crippen LogP contribution is 2.38. The lowest BCUT2D eigenvalue weighted by molar-refractivity contribution is -0.870. The van der Waals surface area contributed by atoms with Gasteiger partial charge in [-0.05, 0) is 44.9 Å². The molecule has 0 bridgehead atoms. The predicted molar refractivity (Wildman–Crippen MR) is 270 cm³/mol. The molecule has 0 saturated heterocycles. The fraction of sp³-hybridized carbons (Fsp3) is 0.907. The number of hydrogen-bond acceptors (Lipinski definition) is 6. The zero-order valence-corrected chi connectivity index (χ0v) is 43.4. The first-order valence-electron chi connectivity index (χ1n) is 27.2. The van der Waals surface area contributed by atoms with Gasteiger partial charge in [0.25, 0.3) is 7.82 Å². The molecule has 0 aromatic rings. The first kappa shape index (κ1) is 62.0. The molecule has 0 aliphatic rings. The van der Waals surface area contributed by atoms with Crippen LogP contribution in [0.4, 0.5) is 0 Å². The Labute approximate surface area is 392 Å². The molecule has 0 aliphatic carbocycles. The van der Waals surface area contributed by atoms with Crippen molar-refractivity contribution in [3.8, 4) is 0 Å². The third kappa shape index (κ3) is 48.7. The Balaban J connectivity index is 4.27. The fourth-order valence-electron chi connectivity index (χ4n) is 8.09. The molecule has 8 nitrogen and oxygen atoms in total. The molecule has 0 fully saturated rings. The Bertz CT molecular complexity index is 1080. The number of aliphatic hydroxyl groups is 1. The van der Waals surface area contributed by atoms with Gasteiger partial charge in [0.2, 0.25) is 5.91 Å². The van der Waals surface area contributed by atoms with E-state index in [4.69, 9.17) is 9.05 Å². The molecule has 1 amide bonds. The Morgan fingerprint density at radius 3 is 1.24 bits per heavy atom. The van der Waals surface area contributed by atoms with Crippen LogP contribution in [0.25, 0.3) is 0 Å². The number of rotatable bonds is 50. The maximum Gasteiger partial charge on any atom is 0.268 e. The first-order valence-corrected chi connectivity index (χ1v) is 28.7. The molecule has 9 heteroatoms. The summed E-state index contributed by atoms with van der Waals surface area (Å²) < 4.78 is 23.3. The molecule has 0 heterocycles. The second-order valence-electron chi connectivity index (χ2n) is 19.9. The van der Waals surface area contributed by atoms with Crippen LogP contribution in [0, 0.1) is 0 Å². The molecule has 0 aromatic carbocycles. The third-order valence-electron chi connectivity index (χ3n) is 12.4. The highest BCUT2D eigenvalue weighted by atomic mass is 31.2. The van der Waals surface area contributed by atoms with Gasteiger partial charge >= 0.3 is 0 Å². The second kappa shape index (κ2) is 46.1. The van der Waals surface area contributed by atoms with Crippen molar-refractivity contribution in [2.75, 3.05) is 40.9 Å². The number of phosphoric ester groups is 1. The molecule has 0 spiro atoms. The minimum absolute atomic E-state index is 0.000309. The lowest BCUT2D eigenvalue weighted by atomic mass is 10.0. The van der Waals surface area contributed by atoms with E-state index in [0.717, 1.165) is 38.5 Å². The van der Waals surface area contributed by atoms with Crippen LogP contribution in [0.5, 0.6) is 0 Å². The van der Waals surface area contributed by atoms with E-state index in [1.54, 1.807) is 6.08 Å². The molecule has 63 heavy (non-hydrogen) atoms. The Morgan fingerprint density at radius 2 is 0.873 bits per heavy atom. The van der Waals surface area contributed by atoms with Gasteiger partial charge in [-0.1, -0.05) is 237 Å². The van der Waals surface area contributed by atoms with Gasteiger partial charge in [0, 0.05) is 6.42 Å². The first-order chi connectivity index (χ1) is 30.5. The second-order valence-corrected chi connectivity index (χ2v) is 21.3. The molecule has 3 unspecified atom stereocenters. The molecule has 2 N–H and O–H groups in total. The summed E-state index contributed by atoms with van der Waals surface area (Å²) in [4.78, 5) is 25.4. The molecule has 374 valence electrons. The Morgan fingerprint density at radius 1 is 0.540 bits per heavy atom. The number of allylic oxidation sites excluding steroid dienone is 3. The van der Waals surface area contributed by atoms with Crippen LogP contribution in [0.3, 0.4) is 0 Å². The smallest absolute Gasteiger partial charge is 0.268 e. The summed E-state index contributed by atoms with van der Waals surface area (Å²) in [5.41, 5.74) is 0. The highest BCUT2D eigenvalue weighted by molar-refractivity contribution is 7.45. The molecule has 0 aromatic heterocycles. The average molecular weight is 911 g/mol. The van der Waals surface area contributed by atoms with E-state index in [1.165, 1.54) is 205 Å². The molecule has 0 saturated carbocycles. The average Bonchev–Trinajstić information content (AvgIpc) is 3.24. The van der Waals surface area contributed by atoms with Crippen LogP contribution in [0.1, 0.15) is 264 Å². The summed E-state index contributed by atoms with van der Waals surface area (Å²) in [6.45, 7) is 4.68. The maximum absolute atomic E-state index is 12.9. The summed E-state index contributed by atoms with van der Waals surface area (Å²) >= 11 is 0. The standard InChI is InChI=1S/C54H107N2O6P/c1-6-8-10-12-14-16-18-20-22-24-26-28-29-31-33-35-37-39-41-43-45-47-53(57)52(51-62-63(59,60)61-50-49-56(3,4)5)55-54(58)48-46-44-42-40-38-36-34-32-30-27-25-23-21-19-17-15-13-11-9-7-2/h27,30,45,47,52-53,57H,6-26,28-29,31-44,46,48-51H2,1-5H3,(H-,55,58,59,60)/b30-27-,47-45+. The van der Waals surface area contributed by atoms with E-state index in [2.05, 4.69) is 31.3 Å². The fourth-order valence-corrected chi connectivity index (χ4v) is 8.81. The number of likely N-dealkylation sites (N-methyl/N-ethyl adjacent to an activating group) is 1. The normalized spacial score (nSPS) is 14.2. The minimum Gasteiger partial charge on any atom is -0.756 e. The number of nitrogens with zero attached hydrogens (tertiary/aromatic N) is 1. The largest absolute Gasteiger partial charge is 0.756 e. The molecular formula is C54H107N2O6P. The van der Waals surface area contributed by atoms with E-state index >= 15 is 0 Å². The summed E-state index contributed by atoms with van der Waals surface area (Å²) in [7, 11) is 1.27. The molecule has 0 aliphatic heterocycles. The number of hydrogen-bond donors (Lipinski definition) is 2. The van der Waals surface area contributed by atoms with Gasteiger partial charge in [-0.25, -0.2) is 0 Å². The number of carbonyl (C=O) groups is 1. The number of amides is 1. The number of unbranched alkanes of at least 4 members (excludes halogenated alkanes) is 35. The quantitative estimate of drug-likeness (QED) is 0.0272. The van der Waals surface area contributed by atoms with Crippen LogP contribution < -0.4 is 10.2 Å². The lowest BCUT2D eigenvalue weighted by Crippen LogP contribution is -2.45. The van der Waals surface area contributed by atoms with Crippen LogP contribution >= 0.6 is 7.82 Å². The van der Waals surface area contributed by atoms with Crippen molar-refractivity contribution >= 4 is 13.7 Å². The number of aliphatic hydroxyl groups excluding tert-OH is 1. The predicted octanol–water partition coefficient (Wildman–Crippen LogP) is 15.4. The summed E-state index contributed by atoms with van der Waals surface area (Å²) in [5.74, 6) is -0.198. The van der Waals surface area contributed by atoms with Crippen molar-refractivity contribution < 1.29 is 32.9 Å². The number of quaternary nitrogens is 1. The van der Waals surface area contributed by atoms with Gasteiger partial charge in [-0.15, -0.1) is 0 Å². The summed E-state index contributed by atoms with van der Waals surface area (Å²) in [6.07, 6.45) is 56.6. The van der Waals surface area contributed by atoms with Gasteiger partial charge in [0.1, 0.15) is 13.2 Å². The number of carbonyl (C=O) groups excluding carboxylic acids is 1. The zero-order chi connectivity index (χ0) is 46.4. The van der Waals surface area contributed by atoms with Gasteiger partial charge in [-0.3, -0.25) is 9.36 Å².